The van der Waals surface area contributed by atoms with Crippen molar-refractivity contribution in [3.8, 4) is 17.2 Å². The van der Waals surface area contributed by atoms with E-state index in [-0.39, 0.29) is 17.7 Å². The summed E-state index contributed by atoms with van der Waals surface area (Å²) in [6, 6.07) is 30.2. The third-order valence-electron chi connectivity index (χ3n) is 6.92. The van der Waals surface area contributed by atoms with Crippen LogP contribution in [0, 0.1) is 5.92 Å². The molecule has 0 fully saturated rings. The SMILES string of the molecule is COc1cc(OC)c([C@H](NC(=O)c2ccccc2)[C@H](C)[C@H](NC(=O)c2ccccc2)c2ccccc2)c(OC)c1. The third kappa shape index (κ3) is 6.43. The summed E-state index contributed by atoms with van der Waals surface area (Å²) < 4.78 is 17.0. The first-order valence-corrected chi connectivity index (χ1v) is 13.0. The van der Waals surface area contributed by atoms with Crippen molar-refractivity contribution in [1.82, 2.24) is 10.6 Å². The topological polar surface area (TPSA) is 85.9 Å². The largest absolute Gasteiger partial charge is 0.496 e. The monoisotopic (exact) mass is 538 g/mol. The Morgan fingerprint density at radius 1 is 0.600 bits per heavy atom. The molecular formula is C33H34N2O5. The van der Waals surface area contributed by atoms with Gasteiger partial charge in [-0.05, 0) is 29.8 Å². The number of benzene rings is 4. The normalized spacial score (nSPS) is 12.9. The number of methoxy groups -OCH3 is 3. The molecule has 0 radical (unpaired) electrons. The molecule has 2 N–H and O–H groups in total. The predicted octanol–water partition coefficient (Wildman–Crippen LogP) is 5.99. The van der Waals surface area contributed by atoms with Crippen LogP contribution in [-0.2, 0) is 0 Å². The number of carbonyl (C=O) groups is 2. The van der Waals surface area contributed by atoms with Gasteiger partial charge in [0.05, 0.1) is 39.0 Å². The Morgan fingerprint density at radius 3 is 1.45 bits per heavy atom. The smallest absolute Gasteiger partial charge is 0.251 e. The predicted molar refractivity (Wildman–Crippen MR) is 155 cm³/mol. The van der Waals surface area contributed by atoms with E-state index < -0.39 is 12.1 Å². The maximum atomic E-state index is 13.6. The molecule has 0 aromatic heterocycles. The fourth-order valence-electron chi connectivity index (χ4n) is 4.81. The quantitative estimate of drug-likeness (QED) is 0.245. The maximum Gasteiger partial charge on any atom is 0.251 e. The van der Waals surface area contributed by atoms with Crippen LogP contribution in [0.2, 0.25) is 0 Å². The van der Waals surface area contributed by atoms with Gasteiger partial charge >= 0.3 is 0 Å². The van der Waals surface area contributed by atoms with Gasteiger partial charge in [-0.3, -0.25) is 9.59 Å². The minimum Gasteiger partial charge on any atom is -0.496 e. The van der Waals surface area contributed by atoms with Crippen molar-refractivity contribution in [1.29, 1.82) is 0 Å². The minimum absolute atomic E-state index is 0.219. The van der Waals surface area contributed by atoms with E-state index in [0.29, 0.717) is 33.9 Å². The first kappa shape index (κ1) is 28.2. The van der Waals surface area contributed by atoms with Crippen LogP contribution in [0.1, 0.15) is 50.9 Å². The Balaban J connectivity index is 1.83. The number of ether oxygens (including phenoxy) is 3. The number of amides is 2. The van der Waals surface area contributed by atoms with Crippen LogP contribution in [0.5, 0.6) is 17.2 Å². The second kappa shape index (κ2) is 13.3. The van der Waals surface area contributed by atoms with Crippen molar-refractivity contribution < 1.29 is 23.8 Å². The van der Waals surface area contributed by atoms with Gasteiger partial charge in [-0.1, -0.05) is 73.7 Å². The summed E-state index contributed by atoms with van der Waals surface area (Å²) in [7, 11) is 4.68. The first-order chi connectivity index (χ1) is 19.5. The highest BCUT2D eigenvalue weighted by molar-refractivity contribution is 5.95. The molecule has 7 nitrogen and oxygen atoms in total. The molecule has 4 aromatic carbocycles. The average Bonchev–Trinajstić information content (AvgIpc) is 3.02. The van der Waals surface area contributed by atoms with Crippen LogP contribution in [-0.4, -0.2) is 33.1 Å². The highest BCUT2D eigenvalue weighted by atomic mass is 16.5. The first-order valence-electron chi connectivity index (χ1n) is 13.0. The van der Waals surface area contributed by atoms with Crippen molar-refractivity contribution in [3.05, 3.63) is 125 Å². The molecule has 2 amide bonds. The number of hydrogen-bond acceptors (Lipinski definition) is 5. The van der Waals surface area contributed by atoms with Crippen molar-refractivity contribution in [2.24, 2.45) is 5.92 Å². The van der Waals surface area contributed by atoms with Gasteiger partial charge in [0, 0.05) is 29.2 Å². The lowest BCUT2D eigenvalue weighted by atomic mass is 9.83. The fraction of sp³-hybridized carbons (Fsp3) is 0.212. The molecule has 0 unspecified atom stereocenters. The molecule has 4 rings (SSSR count). The van der Waals surface area contributed by atoms with E-state index in [1.165, 1.54) is 0 Å². The van der Waals surface area contributed by atoms with Crippen LogP contribution in [0.3, 0.4) is 0 Å². The van der Waals surface area contributed by atoms with Crippen molar-refractivity contribution in [2.75, 3.05) is 21.3 Å². The molecule has 0 aliphatic carbocycles. The van der Waals surface area contributed by atoms with Gasteiger partial charge in [0.1, 0.15) is 17.2 Å². The summed E-state index contributed by atoms with van der Waals surface area (Å²) in [5.41, 5.74) is 2.58. The van der Waals surface area contributed by atoms with Gasteiger partial charge in [0.25, 0.3) is 11.8 Å². The summed E-state index contributed by atoms with van der Waals surface area (Å²) in [6.07, 6.45) is 0. The summed E-state index contributed by atoms with van der Waals surface area (Å²) in [5.74, 6) is 0.682. The highest BCUT2D eigenvalue weighted by Gasteiger charge is 2.35. The van der Waals surface area contributed by atoms with Crippen LogP contribution < -0.4 is 24.8 Å². The van der Waals surface area contributed by atoms with Gasteiger partial charge in [-0.2, -0.15) is 0 Å². The molecule has 0 aliphatic heterocycles. The maximum absolute atomic E-state index is 13.6. The fourth-order valence-corrected chi connectivity index (χ4v) is 4.81. The Kier molecular flexibility index (Phi) is 9.41. The summed E-state index contributed by atoms with van der Waals surface area (Å²) in [4.78, 5) is 27.0. The van der Waals surface area contributed by atoms with E-state index in [4.69, 9.17) is 14.2 Å². The standard InChI is InChI=1S/C33H34N2O5/c1-22(30(23-14-8-5-9-15-23)34-32(36)24-16-10-6-11-17-24)31(35-33(37)25-18-12-7-13-19-25)29-27(39-3)20-26(38-2)21-28(29)40-4/h5-22,30-31H,1-4H3,(H,34,36)(H,35,37)/t22-,30+,31-/m1/s1. The lowest BCUT2D eigenvalue weighted by Gasteiger charge is -2.34. The van der Waals surface area contributed by atoms with E-state index in [9.17, 15) is 9.59 Å². The van der Waals surface area contributed by atoms with Crippen LogP contribution in [0.15, 0.2) is 103 Å². The summed E-state index contributed by atoms with van der Waals surface area (Å²) >= 11 is 0. The van der Waals surface area contributed by atoms with Crippen LogP contribution >= 0.6 is 0 Å². The Bertz CT molecular complexity index is 1390. The summed E-state index contributed by atoms with van der Waals surface area (Å²) in [6.45, 7) is 1.99. The van der Waals surface area contributed by atoms with Crippen molar-refractivity contribution in [2.45, 2.75) is 19.0 Å². The second-order valence-electron chi connectivity index (χ2n) is 9.35. The molecule has 0 spiro atoms. The molecular weight excluding hydrogens is 504 g/mol. The molecule has 0 saturated carbocycles. The van der Waals surface area contributed by atoms with Gasteiger partial charge in [0.2, 0.25) is 0 Å². The molecule has 0 heterocycles. The van der Waals surface area contributed by atoms with E-state index in [1.54, 1.807) is 57.7 Å². The minimum atomic E-state index is -0.634. The lowest BCUT2D eigenvalue weighted by Crippen LogP contribution is -2.41. The molecule has 0 bridgehead atoms. The zero-order valence-corrected chi connectivity index (χ0v) is 23.1. The number of carbonyl (C=O) groups excluding carboxylic acids is 2. The molecule has 0 aliphatic rings. The molecule has 206 valence electrons. The molecule has 4 aromatic rings. The number of nitrogens with one attached hydrogen (secondary N) is 2. The molecule has 0 saturated heterocycles. The van der Waals surface area contributed by atoms with Gasteiger partial charge in [-0.15, -0.1) is 0 Å². The lowest BCUT2D eigenvalue weighted by molar-refractivity contribution is 0.0890. The van der Waals surface area contributed by atoms with Crippen LogP contribution in [0.25, 0.3) is 0 Å². The van der Waals surface area contributed by atoms with Crippen molar-refractivity contribution in [3.63, 3.8) is 0 Å². The van der Waals surface area contributed by atoms with E-state index in [2.05, 4.69) is 10.6 Å². The zero-order chi connectivity index (χ0) is 28.5. The summed E-state index contributed by atoms with van der Waals surface area (Å²) in [5, 5.41) is 6.42. The number of hydrogen-bond donors (Lipinski definition) is 2. The Morgan fingerprint density at radius 2 is 1.02 bits per heavy atom. The number of rotatable bonds is 11. The molecule has 3 atom stereocenters. The van der Waals surface area contributed by atoms with Gasteiger partial charge < -0.3 is 24.8 Å². The van der Waals surface area contributed by atoms with Crippen LogP contribution in [0.4, 0.5) is 0 Å². The van der Waals surface area contributed by atoms with E-state index >= 15 is 0 Å². The second-order valence-corrected chi connectivity index (χ2v) is 9.35. The van der Waals surface area contributed by atoms with E-state index in [1.807, 2.05) is 73.7 Å². The average molecular weight is 539 g/mol. The van der Waals surface area contributed by atoms with Crippen molar-refractivity contribution >= 4 is 11.8 Å². The highest BCUT2D eigenvalue weighted by Crippen LogP contribution is 2.44. The van der Waals surface area contributed by atoms with E-state index in [0.717, 1.165) is 5.56 Å². The third-order valence-corrected chi connectivity index (χ3v) is 6.92. The van der Waals surface area contributed by atoms with Gasteiger partial charge in [-0.25, -0.2) is 0 Å². The molecule has 40 heavy (non-hydrogen) atoms. The molecule has 7 heteroatoms. The zero-order valence-electron chi connectivity index (χ0n) is 23.1. The van der Waals surface area contributed by atoms with Gasteiger partial charge in [0.15, 0.2) is 0 Å². The Labute approximate surface area is 235 Å². The Hall–Kier alpha value is -4.78.